The number of hydrogen-bond donors (Lipinski definition) is 1. The maximum atomic E-state index is 6.30. The van der Waals surface area contributed by atoms with Crippen molar-refractivity contribution < 1.29 is 9.47 Å². The molecule has 0 saturated heterocycles. The Morgan fingerprint density at radius 1 is 1.03 bits per heavy atom. The fourth-order valence-corrected chi connectivity index (χ4v) is 3.56. The van der Waals surface area contributed by atoms with E-state index in [4.69, 9.17) is 26.8 Å². The van der Waals surface area contributed by atoms with E-state index in [1.54, 1.807) is 7.11 Å². The van der Waals surface area contributed by atoms with Gasteiger partial charge in [0.1, 0.15) is 11.9 Å². The minimum absolute atomic E-state index is 0.186. The first-order valence-corrected chi connectivity index (χ1v) is 12.3. The zero-order valence-electron chi connectivity index (χ0n) is 21.3. The summed E-state index contributed by atoms with van der Waals surface area (Å²) in [4.78, 5) is 0. The van der Waals surface area contributed by atoms with Gasteiger partial charge in [-0.05, 0) is 61.0 Å². The van der Waals surface area contributed by atoms with Gasteiger partial charge in [-0.25, -0.2) is 0 Å². The number of fused-ring (bicyclic) bond motifs is 3. The summed E-state index contributed by atoms with van der Waals surface area (Å²) >= 11 is 6.29. The lowest BCUT2D eigenvalue weighted by molar-refractivity contribution is 0.0673. The molecule has 0 saturated carbocycles. The number of aromatic nitrogens is 1. The lowest BCUT2D eigenvalue weighted by Crippen LogP contribution is -2.08. The van der Waals surface area contributed by atoms with E-state index in [0.29, 0.717) is 11.6 Å². The minimum Gasteiger partial charge on any atom is -0.496 e. The molecule has 0 spiro atoms. The zero-order chi connectivity index (χ0) is 24.8. The number of benzene rings is 2. The van der Waals surface area contributed by atoms with Crippen LogP contribution in [0.3, 0.4) is 0 Å². The van der Waals surface area contributed by atoms with E-state index in [9.17, 15) is 0 Å². The molecule has 0 aliphatic carbocycles. The van der Waals surface area contributed by atoms with E-state index in [1.807, 2.05) is 51.1 Å². The fourth-order valence-electron chi connectivity index (χ4n) is 3.38. The SMILES string of the molecule is CC.CCCC.CCN.COc1cccc(C2OCc3cccn3-c3ccc(Cl)cc32)c1C. The molecule has 4 rings (SSSR count). The molecule has 1 unspecified atom stereocenters. The molecular formula is C28H41ClN2O2. The van der Waals surface area contributed by atoms with Crippen LogP contribution >= 0.6 is 11.6 Å². The first-order valence-electron chi connectivity index (χ1n) is 11.9. The van der Waals surface area contributed by atoms with E-state index in [1.165, 1.54) is 12.8 Å². The van der Waals surface area contributed by atoms with Crippen molar-refractivity contribution in [2.24, 2.45) is 5.73 Å². The molecule has 3 aromatic rings. The molecule has 5 heteroatoms. The summed E-state index contributed by atoms with van der Waals surface area (Å²) in [7, 11) is 1.69. The molecule has 0 radical (unpaired) electrons. The van der Waals surface area contributed by atoms with Crippen molar-refractivity contribution in [1.82, 2.24) is 4.57 Å². The molecule has 1 atom stereocenters. The van der Waals surface area contributed by atoms with Crippen LogP contribution in [0.2, 0.25) is 5.02 Å². The topological polar surface area (TPSA) is 49.4 Å². The Morgan fingerprint density at radius 3 is 2.30 bits per heavy atom. The second kappa shape index (κ2) is 15.5. The number of ether oxygens (including phenoxy) is 2. The van der Waals surface area contributed by atoms with Gasteiger partial charge in [0.25, 0.3) is 0 Å². The van der Waals surface area contributed by atoms with Crippen LogP contribution < -0.4 is 10.5 Å². The summed E-state index contributed by atoms with van der Waals surface area (Å²) in [6.07, 6.45) is 4.51. The van der Waals surface area contributed by atoms with E-state index < -0.39 is 0 Å². The largest absolute Gasteiger partial charge is 0.496 e. The Balaban J connectivity index is 0.000000528. The molecule has 2 heterocycles. The standard InChI is InChI=1S/C20H18ClNO2.C4H10.C2H7N.C2H6/c1-13-16(6-3-7-19(13)23-2)20-17-11-14(21)8-9-18(17)22-10-4-5-15(22)12-24-20;1-3-4-2;1-2-3;1-2/h3-11,20H,12H2,1-2H3;3-4H2,1-2H3;2-3H2,1H3;1-2H3. The van der Waals surface area contributed by atoms with Crippen molar-refractivity contribution in [3.05, 3.63) is 82.1 Å². The van der Waals surface area contributed by atoms with Gasteiger partial charge in [-0.1, -0.05) is 71.2 Å². The molecule has 1 aliphatic heterocycles. The second-order valence-electron chi connectivity index (χ2n) is 7.35. The maximum absolute atomic E-state index is 6.30. The average molecular weight is 473 g/mol. The number of nitrogens with zero attached hydrogens (tertiary/aromatic N) is 1. The Labute approximate surface area is 205 Å². The first-order chi connectivity index (χ1) is 16.0. The van der Waals surface area contributed by atoms with Gasteiger partial charge < -0.3 is 19.8 Å². The Hall–Kier alpha value is -2.27. The van der Waals surface area contributed by atoms with Gasteiger partial charge >= 0.3 is 0 Å². The fraction of sp³-hybridized carbons (Fsp3) is 0.429. The van der Waals surface area contributed by atoms with Crippen LogP contribution in [-0.2, 0) is 11.3 Å². The van der Waals surface area contributed by atoms with Gasteiger partial charge in [-0.3, -0.25) is 0 Å². The van der Waals surface area contributed by atoms with Crippen molar-refractivity contribution in [3.8, 4) is 11.4 Å². The predicted octanol–water partition coefficient (Wildman–Crippen LogP) is 7.86. The lowest BCUT2D eigenvalue weighted by Gasteiger charge is -2.21. The van der Waals surface area contributed by atoms with Crippen LogP contribution in [-0.4, -0.2) is 18.2 Å². The third-order valence-electron chi connectivity index (χ3n) is 5.09. The second-order valence-corrected chi connectivity index (χ2v) is 7.78. The number of hydrogen-bond acceptors (Lipinski definition) is 3. The predicted molar refractivity (Wildman–Crippen MR) is 142 cm³/mol. The number of halogens is 1. The average Bonchev–Trinajstić information content (AvgIpc) is 3.25. The normalized spacial score (nSPS) is 13.4. The molecule has 1 aliphatic rings. The van der Waals surface area contributed by atoms with Crippen LogP contribution in [0.25, 0.3) is 5.69 Å². The van der Waals surface area contributed by atoms with Crippen molar-refractivity contribution in [3.63, 3.8) is 0 Å². The third kappa shape index (κ3) is 7.63. The van der Waals surface area contributed by atoms with E-state index in [-0.39, 0.29) is 6.10 Å². The molecule has 0 fully saturated rings. The Bertz CT molecular complexity index is 951. The van der Waals surface area contributed by atoms with Crippen molar-refractivity contribution >= 4 is 11.6 Å². The maximum Gasteiger partial charge on any atom is 0.122 e. The molecule has 2 aromatic carbocycles. The van der Waals surface area contributed by atoms with Gasteiger partial charge in [0, 0.05) is 22.5 Å². The number of unbranched alkanes of at least 4 members (excludes halogenated alkanes) is 1. The number of methoxy groups -OCH3 is 1. The van der Waals surface area contributed by atoms with Crippen molar-refractivity contribution in [1.29, 1.82) is 0 Å². The van der Waals surface area contributed by atoms with Crippen LogP contribution in [0.4, 0.5) is 0 Å². The van der Waals surface area contributed by atoms with Crippen LogP contribution in [0.5, 0.6) is 5.75 Å². The highest BCUT2D eigenvalue weighted by molar-refractivity contribution is 6.30. The summed E-state index contributed by atoms with van der Waals surface area (Å²) in [5, 5.41) is 0.707. The monoisotopic (exact) mass is 472 g/mol. The molecule has 33 heavy (non-hydrogen) atoms. The quantitative estimate of drug-likeness (QED) is 0.422. The van der Waals surface area contributed by atoms with Crippen LogP contribution in [0.1, 0.15) is 75.9 Å². The van der Waals surface area contributed by atoms with E-state index >= 15 is 0 Å². The number of nitrogens with two attached hydrogens (primary N) is 1. The summed E-state index contributed by atoms with van der Waals surface area (Å²) in [5.74, 6) is 0.864. The molecule has 0 bridgehead atoms. The lowest BCUT2D eigenvalue weighted by atomic mass is 9.95. The van der Waals surface area contributed by atoms with E-state index in [2.05, 4.69) is 49.7 Å². The smallest absolute Gasteiger partial charge is 0.122 e. The highest BCUT2D eigenvalue weighted by Gasteiger charge is 2.26. The zero-order valence-corrected chi connectivity index (χ0v) is 22.1. The van der Waals surface area contributed by atoms with Gasteiger partial charge in [0.2, 0.25) is 0 Å². The van der Waals surface area contributed by atoms with Crippen molar-refractivity contribution in [2.45, 2.75) is 67.1 Å². The van der Waals surface area contributed by atoms with E-state index in [0.717, 1.165) is 40.4 Å². The molecular weight excluding hydrogens is 432 g/mol. The minimum atomic E-state index is -0.186. The summed E-state index contributed by atoms with van der Waals surface area (Å²) in [5.41, 5.74) is 10.3. The Kier molecular flexibility index (Phi) is 13.6. The number of rotatable bonds is 3. The molecule has 2 N–H and O–H groups in total. The van der Waals surface area contributed by atoms with Gasteiger partial charge in [-0.2, -0.15) is 0 Å². The summed E-state index contributed by atoms with van der Waals surface area (Å²) < 4.78 is 13.9. The van der Waals surface area contributed by atoms with Crippen molar-refractivity contribution in [2.75, 3.05) is 13.7 Å². The Morgan fingerprint density at radius 2 is 1.70 bits per heavy atom. The molecule has 182 valence electrons. The molecule has 4 nitrogen and oxygen atoms in total. The van der Waals surface area contributed by atoms with Gasteiger partial charge in [-0.15, -0.1) is 0 Å². The third-order valence-corrected chi connectivity index (χ3v) is 5.33. The van der Waals surface area contributed by atoms with Gasteiger partial charge in [0.05, 0.1) is 19.4 Å². The summed E-state index contributed by atoms with van der Waals surface area (Å²) in [6, 6.07) is 16.2. The molecule has 1 aromatic heterocycles. The van der Waals surface area contributed by atoms with Gasteiger partial charge in [0.15, 0.2) is 0 Å². The first kappa shape index (κ1) is 28.8. The highest BCUT2D eigenvalue weighted by atomic mass is 35.5. The van der Waals surface area contributed by atoms with Crippen LogP contribution in [0.15, 0.2) is 54.7 Å². The van der Waals surface area contributed by atoms with Crippen LogP contribution in [0, 0.1) is 6.92 Å². The summed E-state index contributed by atoms with van der Waals surface area (Å²) in [6.45, 7) is 13.6. The highest BCUT2D eigenvalue weighted by Crippen LogP contribution is 2.39. The molecule has 0 amide bonds.